The summed E-state index contributed by atoms with van der Waals surface area (Å²) < 4.78 is 33.4. The van der Waals surface area contributed by atoms with E-state index in [1.165, 1.54) is 38.5 Å². The molecule has 5 unspecified atom stereocenters. The molecule has 0 aromatic heterocycles. The number of hydrogen-bond acceptors (Lipinski definition) is 15. The number of carbonyl (C=O) groups is 2. The molecule has 2 heterocycles. The van der Waals surface area contributed by atoms with Gasteiger partial charge in [-0.2, -0.15) is 0 Å². The molecule has 11 atom stereocenters. The van der Waals surface area contributed by atoms with Crippen LogP contribution in [0.4, 0.5) is 0 Å². The van der Waals surface area contributed by atoms with Crippen LogP contribution in [0, 0.1) is 0 Å². The molecule has 0 aromatic carbocycles. The highest BCUT2D eigenvalue weighted by Gasteiger charge is 2.47. The summed E-state index contributed by atoms with van der Waals surface area (Å²) in [6.07, 6.45) is 36.0. The Labute approximate surface area is 424 Å². The number of aliphatic hydroxyl groups excluding tert-OH is 7. The fourth-order valence-corrected chi connectivity index (χ4v) is 7.51. The van der Waals surface area contributed by atoms with E-state index in [4.69, 9.17) is 28.4 Å². The molecule has 7 N–H and O–H groups in total. The van der Waals surface area contributed by atoms with E-state index in [1.54, 1.807) is 0 Å². The maximum atomic E-state index is 13.0. The first kappa shape index (κ1) is 63.5. The molecule has 0 amide bonds. The van der Waals surface area contributed by atoms with Crippen molar-refractivity contribution in [2.75, 3.05) is 26.4 Å². The fourth-order valence-electron chi connectivity index (χ4n) is 7.51. The molecule has 2 aliphatic rings. The topological polar surface area (TPSA) is 231 Å². The van der Waals surface area contributed by atoms with Crippen molar-refractivity contribution in [2.24, 2.45) is 0 Å². The van der Waals surface area contributed by atoms with Crippen LogP contribution in [0.15, 0.2) is 97.2 Å². The Morgan fingerprint density at radius 1 is 0.465 bits per heavy atom. The van der Waals surface area contributed by atoms with Gasteiger partial charge < -0.3 is 64.2 Å². The van der Waals surface area contributed by atoms with Crippen LogP contribution >= 0.6 is 0 Å². The van der Waals surface area contributed by atoms with Crippen molar-refractivity contribution < 1.29 is 73.8 Å². The molecular weight excluding hydrogens is 913 g/mol. The molecule has 0 radical (unpaired) electrons. The molecule has 2 saturated heterocycles. The van der Waals surface area contributed by atoms with E-state index in [9.17, 15) is 45.3 Å². The van der Waals surface area contributed by atoms with E-state index < -0.39 is 99.3 Å². The average molecular weight is 1000 g/mol. The first-order valence-corrected chi connectivity index (χ1v) is 26.3. The summed E-state index contributed by atoms with van der Waals surface area (Å²) >= 11 is 0. The Bertz CT molecular complexity index is 1600. The van der Waals surface area contributed by atoms with Gasteiger partial charge in [-0.05, 0) is 83.5 Å². The number of carbonyl (C=O) groups excluding carboxylic acids is 2. The summed E-state index contributed by atoms with van der Waals surface area (Å²) in [7, 11) is 0. The van der Waals surface area contributed by atoms with E-state index in [0.29, 0.717) is 12.8 Å². The Balaban J connectivity index is 1.82. The fraction of sp³-hybridized carbons (Fsp3) is 0.679. The number of rotatable bonds is 39. The summed E-state index contributed by atoms with van der Waals surface area (Å²) in [6.45, 7) is 2.34. The molecule has 0 aromatic rings. The maximum Gasteiger partial charge on any atom is 0.306 e. The third-order valence-electron chi connectivity index (χ3n) is 11.8. The molecule has 2 rings (SSSR count). The van der Waals surface area contributed by atoms with Crippen molar-refractivity contribution in [1.29, 1.82) is 0 Å². The largest absolute Gasteiger partial charge is 0.462 e. The zero-order chi connectivity index (χ0) is 51.7. The molecule has 0 bridgehead atoms. The number of hydrogen-bond donors (Lipinski definition) is 7. The minimum Gasteiger partial charge on any atom is -0.462 e. The molecule has 2 fully saturated rings. The first-order chi connectivity index (χ1) is 34.5. The number of esters is 2. The monoisotopic (exact) mass is 1000 g/mol. The standard InChI is InChI=1S/C56H90O15/c1-3-5-7-9-11-13-15-17-18-19-20-21-22-23-24-25-27-28-30-32-34-36-38-47(58)66-41-44(69-48(59)39-37-35-33-31-29-26-16-14-12-10-8-6-4-2)42-67-55-54(65)52(63)50(61)46(71-55)43-68-56-53(64)51(62)49(60)45(40-57)70-56/h5,7,11,13,17-18,20-21,23-24,26-29,33,35,44-46,49-57,60-65H,3-4,6,8-10,12,14-16,19,22,25,30-32,34,36-43H2,1-2H3/b7-5+,13-11+,18-17+,21-20+,24-23+,28-27+,29-26+,35-33+/t44?,45-,46-,49+,50+,51?,52?,53?,54?,55-,56-/m1/s1. The van der Waals surface area contributed by atoms with E-state index in [-0.39, 0.29) is 19.4 Å². The minimum absolute atomic E-state index is 0.0456. The lowest BCUT2D eigenvalue weighted by molar-refractivity contribution is -0.332. The second-order valence-electron chi connectivity index (χ2n) is 18.0. The normalized spacial score (nSPS) is 26.0. The van der Waals surface area contributed by atoms with Gasteiger partial charge in [0.25, 0.3) is 0 Å². The van der Waals surface area contributed by atoms with Crippen molar-refractivity contribution in [2.45, 2.75) is 216 Å². The predicted octanol–water partition coefficient (Wildman–Crippen LogP) is 7.76. The third-order valence-corrected chi connectivity index (χ3v) is 11.8. The van der Waals surface area contributed by atoms with Crippen LogP contribution in [0.25, 0.3) is 0 Å². The quantitative estimate of drug-likeness (QED) is 0.0177. The maximum absolute atomic E-state index is 13.0. The van der Waals surface area contributed by atoms with Gasteiger partial charge in [0.15, 0.2) is 18.7 Å². The number of allylic oxidation sites excluding steroid dienone is 16. The van der Waals surface area contributed by atoms with Crippen molar-refractivity contribution in [1.82, 2.24) is 0 Å². The third kappa shape index (κ3) is 29.6. The Morgan fingerprint density at radius 2 is 0.915 bits per heavy atom. The molecule has 0 saturated carbocycles. The van der Waals surface area contributed by atoms with Crippen LogP contribution < -0.4 is 0 Å². The zero-order valence-electron chi connectivity index (χ0n) is 42.7. The van der Waals surface area contributed by atoms with Crippen LogP contribution in [0.2, 0.25) is 0 Å². The molecule has 0 spiro atoms. The highest BCUT2D eigenvalue weighted by molar-refractivity contribution is 5.70. The van der Waals surface area contributed by atoms with Crippen LogP contribution in [-0.4, -0.2) is 142 Å². The summed E-state index contributed by atoms with van der Waals surface area (Å²) in [4.78, 5) is 25.7. The van der Waals surface area contributed by atoms with Gasteiger partial charge >= 0.3 is 11.9 Å². The molecule has 404 valence electrons. The lowest BCUT2D eigenvalue weighted by Crippen LogP contribution is -2.61. The first-order valence-electron chi connectivity index (χ1n) is 26.3. The summed E-state index contributed by atoms with van der Waals surface area (Å²) in [5.41, 5.74) is 0. The molecular formula is C56H90O15. The summed E-state index contributed by atoms with van der Waals surface area (Å²) in [5.74, 6) is -1.05. The zero-order valence-corrected chi connectivity index (χ0v) is 42.7. The van der Waals surface area contributed by atoms with Gasteiger partial charge in [-0.25, -0.2) is 0 Å². The molecule has 15 heteroatoms. The van der Waals surface area contributed by atoms with Gasteiger partial charge in [0.2, 0.25) is 0 Å². The van der Waals surface area contributed by atoms with Crippen molar-refractivity contribution in [3.05, 3.63) is 97.2 Å². The van der Waals surface area contributed by atoms with Crippen molar-refractivity contribution in [3.63, 3.8) is 0 Å². The van der Waals surface area contributed by atoms with Crippen molar-refractivity contribution >= 4 is 11.9 Å². The van der Waals surface area contributed by atoms with Gasteiger partial charge in [0, 0.05) is 12.8 Å². The smallest absolute Gasteiger partial charge is 0.306 e. The number of aliphatic hydroxyl groups is 7. The Morgan fingerprint density at radius 3 is 1.45 bits per heavy atom. The predicted molar refractivity (Wildman–Crippen MR) is 275 cm³/mol. The highest BCUT2D eigenvalue weighted by Crippen LogP contribution is 2.26. The molecule has 15 nitrogen and oxygen atoms in total. The van der Waals surface area contributed by atoms with Crippen molar-refractivity contribution in [3.8, 4) is 0 Å². The minimum atomic E-state index is -1.78. The number of ether oxygens (including phenoxy) is 6. The Kier molecular flexibility index (Phi) is 37.4. The van der Waals surface area contributed by atoms with E-state index >= 15 is 0 Å². The van der Waals surface area contributed by atoms with Gasteiger partial charge in [-0.15, -0.1) is 0 Å². The lowest BCUT2D eigenvalue weighted by Gasteiger charge is -2.42. The Hall–Kier alpha value is -3.58. The SMILES string of the molecule is CC/C=C/C/C=C/C/C=C/C/C=C/C/C=C/C/C=C/CCCCCC(=O)OCC(CO[C@@H]1O[C@H](CO[C@@H]2O[C@H](CO)[C@H](O)C(O)C2O)[C@H](O)C(O)C1O)OC(=O)CC/C=C/C/C=C/CCCCCCCC. The summed E-state index contributed by atoms with van der Waals surface area (Å²) in [6, 6.07) is 0. The van der Waals surface area contributed by atoms with Gasteiger partial charge in [-0.3, -0.25) is 9.59 Å². The second-order valence-corrected chi connectivity index (χ2v) is 18.0. The van der Waals surface area contributed by atoms with Gasteiger partial charge in [-0.1, -0.05) is 150 Å². The molecule has 2 aliphatic heterocycles. The van der Waals surface area contributed by atoms with Gasteiger partial charge in [0.1, 0.15) is 55.4 Å². The van der Waals surface area contributed by atoms with Gasteiger partial charge in [0.05, 0.1) is 19.8 Å². The summed E-state index contributed by atoms with van der Waals surface area (Å²) in [5, 5.41) is 72.1. The highest BCUT2D eigenvalue weighted by atomic mass is 16.7. The average Bonchev–Trinajstić information content (AvgIpc) is 3.36. The van der Waals surface area contributed by atoms with Crippen LogP contribution in [-0.2, 0) is 38.0 Å². The van der Waals surface area contributed by atoms with Crippen LogP contribution in [0.1, 0.15) is 149 Å². The van der Waals surface area contributed by atoms with Crippen LogP contribution in [0.5, 0.6) is 0 Å². The molecule has 0 aliphatic carbocycles. The van der Waals surface area contributed by atoms with Crippen LogP contribution in [0.3, 0.4) is 0 Å². The van der Waals surface area contributed by atoms with E-state index in [1.807, 2.05) is 12.2 Å². The van der Waals surface area contributed by atoms with E-state index in [0.717, 1.165) is 70.6 Å². The number of unbranched alkanes of at least 4 members (excludes halogenated alkanes) is 9. The lowest BCUT2D eigenvalue weighted by atomic mass is 9.98. The van der Waals surface area contributed by atoms with E-state index in [2.05, 4.69) is 98.9 Å². The molecule has 71 heavy (non-hydrogen) atoms. The second kappa shape index (κ2) is 41.8.